The Balaban J connectivity index is 1.67. The fraction of sp³-hybridized carbons (Fsp3) is 0.353. The fourth-order valence-corrected chi connectivity index (χ4v) is 3.01. The van der Waals surface area contributed by atoms with Gasteiger partial charge < -0.3 is 19.0 Å². The highest BCUT2D eigenvalue weighted by molar-refractivity contribution is 5.98. The molecule has 24 heavy (non-hydrogen) atoms. The van der Waals surface area contributed by atoms with Crippen molar-refractivity contribution < 1.29 is 13.9 Å². The van der Waals surface area contributed by atoms with E-state index in [9.17, 15) is 4.79 Å². The largest absolute Gasteiger partial charge is 0.423 e. The molecular formula is C17H18N4O3. The lowest BCUT2D eigenvalue weighted by molar-refractivity contribution is -0.0108. The Morgan fingerprint density at radius 3 is 2.96 bits per heavy atom. The summed E-state index contributed by atoms with van der Waals surface area (Å²) in [6, 6.07) is 7.59. The van der Waals surface area contributed by atoms with Crippen LogP contribution in [0.2, 0.25) is 0 Å². The van der Waals surface area contributed by atoms with Crippen LogP contribution >= 0.6 is 0 Å². The number of aromatic nitrogens is 3. The molecule has 1 amide bonds. The van der Waals surface area contributed by atoms with Crippen LogP contribution in [0, 0.1) is 13.8 Å². The van der Waals surface area contributed by atoms with Crippen LogP contribution in [0.4, 0.5) is 0 Å². The van der Waals surface area contributed by atoms with E-state index in [1.165, 1.54) is 0 Å². The van der Waals surface area contributed by atoms with Gasteiger partial charge in [-0.25, -0.2) is 0 Å². The number of rotatable bonds is 2. The molecule has 7 nitrogen and oxygen atoms in total. The number of aromatic amines is 1. The number of benzene rings is 1. The number of carbonyl (C=O) groups is 1. The number of ether oxygens (including phenoxy) is 1. The minimum Gasteiger partial charge on any atom is -0.423 e. The third-order valence-corrected chi connectivity index (χ3v) is 4.22. The van der Waals surface area contributed by atoms with Gasteiger partial charge in [0.1, 0.15) is 11.7 Å². The van der Waals surface area contributed by atoms with Gasteiger partial charge in [0.2, 0.25) is 11.8 Å². The summed E-state index contributed by atoms with van der Waals surface area (Å²) in [4.78, 5) is 17.9. The first-order valence-electron chi connectivity index (χ1n) is 7.90. The van der Waals surface area contributed by atoms with Crippen LogP contribution in [0.15, 0.2) is 28.7 Å². The van der Waals surface area contributed by atoms with E-state index in [0.29, 0.717) is 37.2 Å². The zero-order valence-electron chi connectivity index (χ0n) is 13.6. The first kappa shape index (κ1) is 14.9. The number of hydrogen-bond acceptors (Lipinski definition) is 5. The molecule has 124 valence electrons. The van der Waals surface area contributed by atoms with E-state index in [2.05, 4.69) is 15.2 Å². The molecule has 2 aromatic heterocycles. The summed E-state index contributed by atoms with van der Waals surface area (Å²) in [6.07, 6.45) is 0. The van der Waals surface area contributed by atoms with Gasteiger partial charge in [0.05, 0.1) is 13.2 Å². The van der Waals surface area contributed by atoms with E-state index in [4.69, 9.17) is 9.15 Å². The molecule has 1 aliphatic rings. The number of nitrogens with one attached hydrogen (secondary N) is 1. The Kier molecular flexibility index (Phi) is 3.57. The lowest BCUT2D eigenvalue weighted by Gasteiger charge is -2.33. The van der Waals surface area contributed by atoms with Gasteiger partial charge in [-0.15, -0.1) is 10.2 Å². The fourth-order valence-electron chi connectivity index (χ4n) is 3.01. The molecule has 1 aromatic carbocycles. The number of nitrogens with zero attached hydrogens (tertiary/aromatic N) is 3. The normalized spacial score (nSPS) is 18.2. The van der Waals surface area contributed by atoms with Gasteiger partial charge in [-0.2, -0.15) is 0 Å². The molecule has 0 radical (unpaired) electrons. The van der Waals surface area contributed by atoms with Crippen LogP contribution in [0.5, 0.6) is 0 Å². The number of hydrogen-bond donors (Lipinski definition) is 1. The molecule has 1 unspecified atom stereocenters. The molecule has 1 aliphatic heterocycles. The Hall–Kier alpha value is -2.67. The summed E-state index contributed by atoms with van der Waals surface area (Å²) in [5.41, 5.74) is 2.66. The van der Waals surface area contributed by atoms with Crippen LogP contribution in [0.25, 0.3) is 10.9 Å². The first-order chi connectivity index (χ1) is 11.6. The smallest absolute Gasteiger partial charge is 0.271 e. The molecule has 1 saturated heterocycles. The highest BCUT2D eigenvalue weighted by atomic mass is 16.5. The van der Waals surface area contributed by atoms with Crippen LogP contribution in [-0.4, -0.2) is 45.7 Å². The lowest BCUT2D eigenvalue weighted by Crippen LogP contribution is -2.43. The maximum atomic E-state index is 13.0. The number of morpholine rings is 1. The molecule has 1 N–H and O–H groups in total. The Morgan fingerprint density at radius 1 is 1.29 bits per heavy atom. The summed E-state index contributed by atoms with van der Waals surface area (Å²) in [7, 11) is 0. The molecule has 0 spiro atoms. The van der Waals surface area contributed by atoms with E-state index >= 15 is 0 Å². The van der Waals surface area contributed by atoms with E-state index in [1.54, 1.807) is 11.8 Å². The third-order valence-electron chi connectivity index (χ3n) is 4.22. The summed E-state index contributed by atoms with van der Waals surface area (Å²) in [5.74, 6) is 0.796. The van der Waals surface area contributed by atoms with Crippen LogP contribution in [0.3, 0.4) is 0 Å². The average Bonchev–Trinajstić information content (AvgIpc) is 3.20. The zero-order chi connectivity index (χ0) is 16.7. The van der Waals surface area contributed by atoms with Crippen molar-refractivity contribution in [3.8, 4) is 0 Å². The second-order valence-electron chi connectivity index (χ2n) is 6.02. The Bertz CT molecular complexity index is 898. The van der Waals surface area contributed by atoms with Gasteiger partial charge in [0, 0.05) is 24.4 Å². The molecular weight excluding hydrogens is 308 g/mol. The summed E-state index contributed by atoms with van der Waals surface area (Å²) < 4.78 is 11.0. The number of amides is 1. The minimum atomic E-state index is -0.361. The van der Waals surface area contributed by atoms with E-state index in [0.717, 1.165) is 16.5 Å². The van der Waals surface area contributed by atoms with Gasteiger partial charge >= 0.3 is 0 Å². The van der Waals surface area contributed by atoms with Crippen molar-refractivity contribution in [3.05, 3.63) is 47.3 Å². The monoisotopic (exact) mass is 326 g/mol. The zero-order valence-corrected chi connectivity index (χ0v) is 13.6. The molecule has 0 saturated carbocycles. The van der Waals surface area contributed by atoms with Crippen molar-refractivity contribution in [1.29, 1.82) is 0 Å². The van der Waals surface area contributed by atoms with Crippen LogP contribution in [-0.2, 0) is 4.74 Å². The van der Waals surface area contributed by atoms with Crippen molar-refractivity contribution in [2.45, 2.75) is 19.9 Å². The summed E-state index contributed by atoms with van der Waals surface area (Å²) in [5, 5.41) is 8.92. The van der Waals surface area contributed by atoms with Gasteiger partial charge in [-0.05, 0) is 24.6 Å². The maximum absolute atomic E-state index is 13.0. The van der Waals surface area contributed by atoms with Crippen LogP contribution in [0.1, 0.15) is 33.9 Å². The lowest BCUT2D eigenvalue weighted by atomic mass is 10.2. The molecule has 0 aliphatic carbocycles. The third kappa shape index (κ3) is 2.56. The second-order valence-corrected chi connectivity index (χ2v) is 6.02. The van der Waals surface area contributed by atoms with Gasteiger partial charge in [-0.3, -0.25) is 4.79 Å². The number of aryl methyl sites for hydroxylation is 2. The highest BCUT2D eigenvalue weighted by Crippen LogP contribution is 2.26. The molecule has 0 bridgehead atoms. The van der Waals surface area contributed by atoms with E-state index < -0.39 is 0 Å². The summed E-state index contributed by atoms with van der Waals surface area (Å²) >= 11 is 0. The molecule has 4 rings (SSSR count). The highest BCUT2D eigenvalue weighted by Gasteiger charge is 2.33. The molecule has 1 fully saturated rings. The first-order valence-corrected chi connectivity index (χ1v) is 7.90. The van der Waals surface area contributed by atoms with E-state index in [-0.39, 0.29) is 11.9 Å². The maximum Gasteiger partial charge on any atom is 0.271 e. The van der Waals surface area contributed by atoms with Crippen molar-refractivity contribution in [2.75, 3.05) is 19.8 Å². The molecule has 3 heterocycles. The average molecular weight is 326 g/mol. The predicted octanol–water partition coefficient (Wildman–Crippen LogP) is 2.38. The SMILES string of the molecule is Cc1ccc2cc(C(=O)N3CCOCC3c3nnc(C)o3)[nH]c2c1. The van der Waals surface area contributed by atoms with Gasteiger partial charge in [-0.1, -0.05) is 12.1 Å². The topological polar surface area (TPSA) is 84.2 Å². The number of H-pyrrole nitrogens is 1. The Labute approximate surface area is 138 Å². The van der Waals surface area contributed by atoms with Gasteiger partial charge in [0.25, 0.3) is 5.91 Å². The quantitative estimate of drug-likeness (QED) is 0.781. The van der Waals surface area contributed by atoms with E-state index in [1.807, 2.05) is 31.2 Å². The van der Waals surface area contributed by atoms with Gasteiger partial charge in [0.15, 0.2) is 0 Å². The Morgan fingerprint density at radius 2 is 2.17 bits per heavy atom. The van der Waals surface area contributed by atoms with Crippen LogP contribution < -0.4 is 0 Å². The van der Waals surface area contributed by atoms with Crippen molar-refractivity contribution in [3.63, 3.8) is 0 Å². The standard InChI is InChI=1S/C17H18N4O3/c1-10-3-4-12-8-14(18-13(12)7-10)17(22)21-5-6-23-9-15(21)16-20-19-11(2)24-16/h3-4,7-8,15,18H,5-6,9H2,1-2H3. The van der Waals surface area contributed by atoms with Crippen molar-refractivity contribution >= 4 is 16.8 Å². The number of fused-ring (bicyclic) bond motifs is 1. The van der Waals surface area contributed by atoms with Crippen molar-refractivity contribution in [1.82, 2.24) is 20.1 Å². The minimum absolute atomic E-state index is 0.0898. The molecule has 7 heteroatoms. The predicted molar refractivity (Wildman–Crippen MR) is 86.7 cm³/mol. The molecule has 1 atom stereocenters. The molecule has 3 aromatic rings. The second kappa shape index (κ2) is 5.76. The summed E-state index contributed by atoms with van der Waals surface area (Å²) in [6.45, 7) is 5.09. The van der Waals surface area contributed by atoms with Crippen molar-refractivity contribution in [2.24, 2.45) is 0 Å². The number of carbonyl (C=O) groups excluding carboxylic acids is 1.